The van der Waals surface area contributed by atoms with E-state index in [-0.39, 0.29) is 11.1 Å². The number of benzene rings is 2. The molecule has 0 bridgehead atoms. The second kappa shape index (κ2) is 7.67. The maximum atomic E-state index is 12.7. The minimum atomic E-state index is -1.06. The molecule has 0 spiro atoms. The first-order chi connectivity index (χ1) is 12.8. The van der Waals surface area contributed by atoms with Gasteiger partial charge in [-0.3, -0.25) is 9.59 Å². The van der Waals surface area contributed by atoms with Crippen LogP contribution >= 0.6 is 11.8 Å². The second-order valence-corrected chi connectivity index (χ2v) is 7.03. The van der Waals surface area contributed by atoms with Crippen molar-refractivity contribution in [3.8, 4) is 5.75 Å². The van der Waals surface area contributed by atoms with E-state index in [4.69, 9.17) is 9.84 Å². The Kier molecular flexibility index (Phi) is 5.32. The highest BCUT2D eigenvalue weighted by Crippen LogP contribution is 2.36. The van der Waals surface area contributed by atoms with Crippen LogP contribution in [-0.2, 0) is 9.59 Å². The number of carbonyl (C=O) groups excluding carboxylic acids is 2. The monoisotopic (exact) mass is 383 g/mol. The number of aryl methyl sites for hydroxylation is 2. The van der Waals surface area contributed by atoms with Crippen molar-refractivity contribution < 1.29 is 24.2 Å². The highest BCUT2D eigenvalue weighted by Gasteiger charge is 2.36. The Labute approximate surface area is 160 Å². The van der Waals surface area contributed by atoms with E-state index in [0.29, 0.717) is 21.9 Å². The molecule has 2 amide bonds. The predicted octanol–water partition coefficient (Wildman–Crippen LogP) is 4.01. The molecule has 3 rings (SSSR count). The van der Waals surface area contributed by atoms with Gasteiger partial charge in [-0.25, -0.2) is 9.69 Å². The van der Waals surface area contributed by atoms with Gasteiger partial charge in [-0.2, -0.15) is 0 Å². The quantitative estimate of drug-likeness (QED) is 0.786. The zero-order chi connectivity index (χ0) is 19.6. The number of imide groups is 1. The van der Waals surface area contributed by atoms with E-state index in [1.807, 2.05) is 26.0 Å². The number of ether oxygens (including phenoxy) is 1. The molecular formula is C20H17NO5S. The molecule has 1 N–H and O–H groups in total. The molecule has 0 atom stereocenters. The molecular weight excluding hydrogens is 366 g/mol. The summed E-state index contributed by atoms with van der Waals surface area (Å²) in [7, 11) is 0. The fourth-order valence-corrected chi connectivity index (χ4v) is 3.35. The minimum absolute atomic E-state index is 0.331. The zero-order valence-corrected chi connectivity index (χ0v) is 15.6. The van der Waals surface area contributed by atoms with Crippen molar-refractivity contribution in [2.45, 2.75) is 13.8 Å². The van der Waals surface area contributed by atoms with Gasteiger partial charge < -0.3 is 9.84 Å². The summed E-state index contributed by atoms with van der Waals surface area (Å²) in [5.74, 6) is -1.00. The van der Waals surface area contributed by atoms with Gasteiger partial charge in [0.1, 0.15) is 5.75 Å². The number of anilines is 1. The smallest absolute Gasteiger partial charge is 0.341 e. The third-order valence-electron chi connectivity index (χ3n) is 4.08. The van der Waals surface area contributed by atoms with Crippen LogP contribution in [0.15, 0.2) is 47.4 Å². The van der Waals surface area contributed by atoms with E-state index in [2.05, 4.69) is 0 Å². The average molecular weight is 383 g/mol. The molecule has 1 heterocycles. The highest BCUT2D eigenvalue weighted by atomic mass is 32.2. The van der Waals surface area contributed by atoms with Crippen LogP contribution in [0.4, 0.5) is 10.5 Å². The van der Waals surface area contributed by atoms with Crippen LogP contribution in [0, 0.1) is 13.8 Å². The van der Waals surface area contributed by atoms with Gasteiger partial charge in [0.15, 0.2) is 6.61 Å². The highest BCUT2D eigenvalue weighted by molar-refractivity contribution is 8.19. The fourth-order valence-electron chi connectivity index (χ4n) is 2.51. The Hall–Kier alpha value is -3.06. The van der Waals surface area contributed by atoms with Gasteiger partial charge in [0.25, 0.3) is 11.1 Å². The maximum absolute atomic E-state index is 12.7. The lowest BCUT2D eigenvalue weighted by atomic mass is 10.1. The topological polar surface area (TPSA) is 83.9 Å². The molecule has 7 heteroatoms. The van der Waals surface area contributed by atoms with Crippen molar-refractivity contribution in [1.82, 2.24) is 0 Å². The van der Waals surface area contributed by atoms with Crippen molar-refractivity contribution in [3.63, 3.8) is 0 Å². The summed E-state index contributed by atoms with van der Waals surface area (Å²) in [5, 5.41) is 8.28. The Morgan fingerprint density at radius 3 is 2.44 bits per heavy atom. The average Bonchev–Trinajstić information content (AvgIpc) is 2.90. The van der Waals surface area contributed by atoms with E-state index in [9.17, 15) is 14.4 Å². The molecule has 0 saturated carbocycles. The molecule has 138 valence electrons. The molecule has 27 heavy (non-hydrogen) atoms. The first-order valence-electron chi connectivity index (χ1n) is 8.15. The molecule has 1 saturated heterocycles. The Morgan fingerprint density at radius 1 is 1.11 bits per heavy atom. The van der Waals surface area contributed by atoms with Gasteiger partial charge in [0.2, 0.25) is 0 Å². The fraction of sp³-hybridized carbons (Fsp3) is 0.150. The number of carboxylic acids is 1. The normalized spacial score (nSPS) is 15.5. The second-order valence-electron chi connectivity index (χ2n) is 6.04. The largest absolute Gasteiger partial charge is 0.482 e. The van der Waals surface area contributed by atoms with Crippen LogP contribution in [0.25, 0.3) is 6.08 Å². The number of hydrogen-bond donors (Lipinski definition) is 1. The van der Waals surface area contributed by atoms with Gasteiger partial charge in [-0.15, -0.1) is 0 Å². The lowest BCUT2D eigenvalue weighted by Crippen LogP contribution is -2.27. The van der Waals surface area contributed by atoms with E-state index in [1.165, 1.54) is 4.90 Å². The van der Waals surface area contributed by atoms with Gasteiger partial charge in [0, 0.05) is 0 Å². The molecule has 0 radical (unpaired) electrons. The first kappa shape index (κ1) is 18.7. The van der Waals surface area contributed by atoms with Crippen LogP contribution in [-0.4, -0.2) is 28.8 Å². The minimum Gasteiger partial charge on any atom is -0.482 e. The van der Waals surface area contributed by atoms with Crippen LogP contribution in [0.5, 0.6) is 5.75 Å². The third-order valence-corrected chi connectivity index (χ3v) is 4.95. The lowest BCUT2D eigenvalue weighted by molar-refractivity contribution is -0.139. The molecule has 1 aliphatic rings. The van der Waals surface area contributed by atoms with Crippen LogP contribution < -0.4 is 9.64 Å². The van der Waals surface area contributed by atoms with E-state index in [1.54, 1.807) is 36.4 Å². The van der Waals surface area contributed by atoms with Crippen LogP contribution in [0.3, 0.4) is 0 Å². The van der Waals surface area contributed by atoms with Crippen molar-refractivity contribution in [1.29, 1.82) is 0 Å². The van der Waals surface area contributed by atoms with Gasteiger partial charge >= 0.3 is 5.97 Å². The first-order valence-corrected chi connectivity index (χ1v) is 8.96. The number of nitrogens with zero attached hydrogens (tertiary/aromatic N) is 1. The maximum Gasteiger partial charge on any atom is 0.341 e. The Bertz CT molecular complexity index is 949. The molecule has 1 fully saturated rings. The number of amides is 2. The molecule has 0 unspecified atom stereocenters. The van der Waals surface area contributed by atoms with Crippen molar-refractivity contribution in [2.24, 2.45) is 0 Å². The SMILES string of the molecule is Cc1ccc(N2C(=O)S/C(=C/c3ccc(OCC(=O)O)cc3)C2=O)cc1C. The summed E-state index contributed by atoms with van der Waals surface area (Å²) in [4.78, 5) is 37.0. The number of hydrogen-bond acceptors (Lipinski definition) is 5. The van der Waals surface area contributed by atoms with Gasteiger partial charge in [-0.05, 0) is 72.6 Å². The predicted molar refractivity (Wildman–Crippen MR) is 104 cm³/mol. The van der Waals surface area contributed by atoms with Gasteiger partial charge in [0.05, 0.1) is 10.6 Å². The van der Waals surface area contributed by atoms with Crippen LogP contribution in [0.2, 0.25) is 0 Å². The summed E-state index contributed by atoms with van der Waals surface area (Å²) in [5.41, 5.74) is 3.36. The van der Waals surface area contributed by atoms with Crippen molar-refractivity contribution in [2.75, 3.05) is 11.5 Å². The number of thioether (sulfide) groups is 1. The summed E-state index contributed by atoms with van der Waals surface area (Å²) < 4.78 is 5.07. The number of carboxylic acid groups (broad SMARTS) is 1. The zero-order valence-electron chi connectivity index (χ0n) is 14.8. The van der Waals surface area contributed by atoms with E-state index in [0.717, 1.165) is 22.9 Å². The Morgan fingerprint density at radius 2 is 1.81 bits per heavy atom. The number of carbonyl (C=O) groups is 3. The standard InChI is InChI=1S/C20H17NO5S/c1-12-3-6-15(9-13(12)2)21-19(24)17(27-20(21)25)10-14-4-7-16(8-5-14)26-11-18(22)23/h3-10H,11H2,1-2H3,(H,22,23)/b17-10+. The molecule has 1 aliphatic heterocycles. The number of aliphatic carboxylic acids is 1. The molecule has 6 nitrogen and oxygen atoms in total. The molecule has 2 aromatic carbocycles. The summed E-state index contributed by atoms with van der Waals surface area (Å²) in [6.07, 6.45) is 1.63. The van der Waals surface area contributed by atoms with E-state index < -0.39 is 12.6 Å². The lowest BCUT2D eigenvalue weighted by Gasteiger charge is -2.14. The molecule has 2 aromatic rings. The third kappa shape index (κ3) is 4.20. The van der Waals surface area contributed by atoms with Crippen molar-refractivity contribution >= 4 is 40.6 Å². The Balaban J connectivity index is 1.79. The summed E-state index contributed by atoms with van der Waals surface area (Å²) in [6.45, 7) is 3.48. The number of rotatable bonds is 5. The van der Waals surface area contributed by atoms with Gasteiger partial charge in [-0.1, -0.05) is 18.2 Å². The van der Waals surface area contributed by atoms with Crippen molar-refractivity contribution in [3.05, 3.63) is 64.1 Å². The van der Waals surface area contributed by atoms with E-state index >= 15 is 0 Å². The molecule has 0 aromatic heterocycles. The molecule has 0 aliphatic carbocycles. The summed E-state index contributed by atoms with van der Waals surface area (Å²) >= 11 is 0.889. The van der Waals surface area contributed by atoms with Crippen LogP contribution in [0.1, 0.15) is 16.7 Å². The summed E-state index contributed by atoms with van der Waals surface area (Å²) in [6, 6.07) is 12.1.